The lowest BCUT2D eigenvalue weighted by atomic mass is 9.93. The Morgan fingerprint density at radius 1 is 1.29 bits per heavy atom. The van der Waals surface area contributed by atoms with Crippen molar-refractivity contribution in [3.8, 4) is 5.69 Å². The molecule has 0 bridgehead atoms. The van der Waals surface area contributed by atoms with Crippen molar-refractivity contribution in [3.05, 3.63) is 47.3 Å². The number of nitrogens with one attached hydrogen (secondary N) is 1. The third-order valence-electron chi connectivity index (χ3n) is 5.36. The van der Waals surface area contributed by atoms with Gasteiger partial charge in [0.05, 0.1) is 28.7 Å². The van der Waals surface area contributed by atoms with Crippen LogP contribution in [0.1, 0.15) is 40.9 Å². The molecule has 5 nitrogen and oxygen atoms in total. The van der Waals surface area contributed by atoms with Crippen molar-refractivity contribution in [3.63, 3.8) is 0 Å². The number of rotatable bonds is 5. The minimum Gasteiger partial charge on any atom is -0.339 e. The van der Waals surface area contributed by atoms with Gasteiger partial charge >= 0.3 is 6.18 Å². The van der Waals surface area contributed by atoms with Crippen LogP contribution in [0.4, 0.5) is 13.2 Å². The molecule has 1 N–H and O–H groups in total. The van der Waals surface area contributed by atoms with Crippen molar-refractivity contribution in [1.29, 1.82) is 0 Å². The second-order valence-electron chi connectivity index (χ2n) is 7.23. The molecule has 0 spiro atoms. The first-order chi connectivity index (χ1) is 13.3. The second-order valence-corrected chi connectivity index (χ2v) is 7.23. The number of alkyl halides is 3. The summed E-state index contributed by atoms with van der Waals surface area (Å²) < 4.78 is 40.3. The Morgan fingerprint density at radius 2 is 2.00 bits per heavy atom. The number of amides is 1. The molecule has 1 aliphatic heterocycles. The molecule has 0 saturated carbocycles. The van der Waals surface area contributed by atoms with Crippen LogP contribution in [0.2, 0.25) is 0 Å². The van der Waals surface area contributed by atoms with Crippen LogP contribution in [0, 0.1) is 12.8 Å². The fraction of sp³-hybridized carbons (Fsp3) is 0.500. The average Bonchev–Trinajstić information content (AvgIpc) is 3.07. The Labute approximate surface area is 162 Å². The Morgan fingerprint density at radius 3 is 2.64 bits per heavy atom. The van der Waals surface area contributed by atoms with Crippen LogP contribution in [0.15, 0.2) is 30.5 Å². The van der Waals surface area contributed by atoms with Gasteiger partial charge in [-0.2, -0.15) is 18.3 Å². The quantitative estimate of drug-likeness (QED) is 0.842. The van der Waals surface area contributed by atoms with Gasteiger partial charge in [-0.25, -0.2) is 4.68 Å². The Kier molecular flexibility index (Phi) is 6.07. The molecule has 152 valence electrons. The predicted octanol–water partition coefficient (Wildman–Crippen LogP) is 3.66. The molecule has 2 heterocycles. The first-order valence-corrected chi connectivity index (χ1v) is 9.47. The van der Waals surface area contributed by atoms with E-state index in [1.165, 1.54) is 16.9 Å². The van der Waals surface area contributed by atoms with E-state index in [0.29, 0.717) is 30.3 Å². The number of nitrogens with zero attached hydrogens (tertiary/aromatic N) is 3. The summed E-state index contributed by atoms with van der Waals surface area (Å²) in [5, 5.41) is 7.33. The maximum atomic E-state index is 13.0. The molecule has 1 aliphatic rings. The number of aromatic nitrogens is 2. The van der Waals surface area contributed by atoms with Crippen LogP contribution in [0.3, 0.4) is 0 Å². The minimum atomic E-state index is -4.42. The van der Waals surface area contributed by atoms with E-state index < -0.39 is 11.7 Å². The summed E-state index contributed by atoms with van der Waals surface area (Å²) in [6.45, 7) is 4.07. The number of benzene rings is 1. The third-order valence-corrected chi connectivity index (χ3v) is 5.36. The molecular weight excluding hydrogens is 369 g/mol. The summed E-state index contributed by atoms with van der Waals surface area (Å²) >= 11 is 0. The van der Waals surface area contributed by atoms with Gasteiger partial charge in [-0.05, 0) is 63.9 Å². The number of carbonyl (C=O) groups excluding carboxylic acids is 1. The van der Waals surface area contributed by atoms with E-state index in [1.54, 1.807) is 13.0 Å². The van der Waals surface area contributed by atoms with Gasteiger partial charge in [-0.1, -0.05) is 6.07 Å². The molecule has 0 radical (unpaired) electrons. The molecule has 1 aromatic carbocycles. The smallest absolute Gasteiger partial charge is 0.339 e. The molecule has 1 fully saturated rings. The maximum absolute atomic E-state index is 13.0. The molecule has 0 atom stereocenters. The monoisotopic (exact) mass is 394 g/mol. The summed E-state index contributed by atoms with van der Waals surface area (Å²) in [7, 11) is 1.93. The highest BCUT2D eigenvalue weighted by Crippen LogP contribution is 2.31. The number of hydrogen-bond donors (Lipinski definition) is 1. The number of halogens is 3. The fourth-order valence-corrected chi connectivity index (χ4v) is 3.64. The molecule has 1 amide bonds. The second kappa shape index (κ2) is 8.34. The molecule has 0 aliphatic carbocycles. The highest BCUT2D eigenvalue weighted by Gasteiger charge is 2.31. The van der Waals surface area contributed by atoms with Crippen molar-refractivity contribution in [2.45, 2.75) is 32.4 Å². The summed E-state index contributed by atoms with van der Waals surface area (Å²) in [5.74, 6) is 0.508. The van der Waals surface area contributed by atoms with E-state index in [9.17, 15) is 18.0 Å². The van der Waals surface area contributed by atoms with Crippen LogP contribution < -0.4 is 5.32 Å². The zero-order valence-electron chi connectivity index (χ0n) is 16.1. The first kappa shape index (κ1) is 20.4. The Bertz CT molecular complexity index is 823. The number of hydrogen-bond acceptors (Lipinski definition) is 3. The predicted molar refractivity (Wildman–Crippen MR) is 100 cm³/mol. The molecule has 28 heavy (non-hydrogen) atoms. The Balaban J connectivity index is 1.74. The van der Waals surface area contributed by atoms with Gasteiger partial charge in [0.15, 0.2) is 0 Å². The number of likely N-dealkylation sites (tertiary alicyclic amines) is 1. The third kappa shape index (κ3) is 4.38. The molecular formula is C20H25F3N4O. The molecule has 2 aromatic rings. The average molecular weight is 394 g/mol. The van der Waals surface area contributed by atoms with Gasteiger partial charge in [-0.3, -0.25) is 4.79 Å². The van der Waals surface area contributed by atoms with Crippen LogP contribution in [0.5, 0.6) is 0 Å². The molecule has 3 rings (SSSR count). The SMILES string of the molecule is CNCCC1CCN(C(=O)c2cnn(-c3cccc(C(F)(F)F)c3)c2C)CC1. The highest BCUT2D eigenvalue weighted by atomic mass is 19.4. The van der Waals surface area contributed by atoms with Crippen molar-refractivity contribution in [2.24, 2.45) is 5.92 Å². The van der Waals surface area contributed by atoms with E-state index in [-0.39, 0.29) is 11.6 Å². The van der Waals surface area contributed by atoms with Crippen LogP contribution in [-0.2, 0) is 6.18 Å². The number of piperidine rings is 1. The van der Waals surface area contributed by atoms with E-state index in [4.69, 9.17) is 0 Å². The lowest BCUT2D eigenvalue weighted by Crippen LogP contribution is -2.39. The molecule has 1 saturated heterocycles. The van der Waals surface area contributed by atoms with Gasteiger partial charge in [0.25, 0.3) is 5.91 Å². The van der Waals surface area contributed by atoms with Crippen LogP contribution in [0.25, 0.3) is 5.69 Å². The summed E-state index contributed by atoms with van der Waals surface area (Å²) in [6, 6.07) is 4.96. The maximum Gasteiger partial charge on any atom is 0.416 e. The van der Waals surface area contributed by atoms with E-state index in [0.717, 1.165) is 37.9 Å². The fourth-order valence-electron chi connectivity index (χ4n) is 3.64. The zero-order valence-corrected chi connectivity index (χ0v) is 16.1. The van der Waals surface area contributed by atoms with Crippen LogP contribution in [-0.4, -0.2) is 47.3 Å². The lowest BCUT2D eigenvalue weighted by Gasteiger charge is -2.32. The van der Waals surface area contributed by atoms with Gasteiger partial charge in [-0.15, -0.1) is 0 Å². The number of carbonyl (C=O) groups is 1. The molecule has 1 aromatic heterocycles. The van der Waals surface area contributed by atoms with E-state index >= 15 is 0 Å². The highest BCUT2D eigenvalue weighted by molar-refractivity contribution is 5.95. The topological polar surface area (TPSA) is 50.2 Å². The van der Waals surface area contributed by atoms with Crippen LogP contribution >= 0.6 is 0 Å². The van der Waals surface area contributed by atoms with Gasteiger partial charge in [0.2, 0.25) is 0 Å². The summed E-state index contributed by atoms with van der Waals surface area (Å²) in [5.41, 5.74) is 0.529. The van der Waals surface area contributed by atoms with Crippen molar-refractivity contribution < 1.29 is 18.0 Å². The summed E-state index contributed by atoms with van der Waals surface area (Å²) in [6.07, 6.45) is 0.0614. The lowest BCUT2D eigenvalue weighted by molar-refractivity contribution is -0.137. The van der Waals surface area contributed by atoms with E-state index in [2.05, 4.69) is 10.4 Å². The van der Waals surface area contributed by atoms with E-state index in [1.807, 2.05) is 11.9 Å². The van der Waals surface area contributed by atoms with Crippen molar-refractivity contribution in [2.75, 3.05) is 26.7 Å². The van der Waals surface area contributed by atoms with Gasteiger partial charge < -0.3 is 10.2 Å². The van der Waals surface area contributed by atoms with Crippen molar-refractivity contribution in [1.82, 2.24) is 20.0 Å². The van der Waals surface area contributed by atoms with Gasteiger partial charge in [0, 0.05) is 13.1 Å². The largest absolute Gasteiger partial charge is 0.416 e. The normalized spacial score (nSPS) is 15.8. The Hall–Kier alpha value is -2.35. The standard InChI is InChI=1S/C20H25F3N4O/c1-14-18(19(28)26-10-7-15(8-11-26)6-9-24-2)13-25-27(14)17-5-3-4-16(12-17)20(21,22)23/h3-5,12-13,15,24H,6-11H2,1-2H3. The van der Waals surface area contributed by atoms with Gasteiger partial charge in [0.1, 0.15) is 0 Å². The van der Waals surface area contributed by atoms with Crippen molar-refractivity contribution >= 4 is 5.91 Å². The molecule has 0 unspecified atom stereocenters. The zero-order chi connectivity index (χ0) is 20.3. The summed E-state index contributed by atoms with van der Waals surface area (Å²) in [4.78, 5) is 14.7. The molecule has 8 heteroatoms. The first-order valence-electron chi connectivity index (χ1n) is 9.47. The minimum absolute atomic E-state index is 0.109.